The summed E-state index contributed by atoms with van der Waals surface area (Å²) in [6, 6.07) is 0.278. The summed E-state index contributed by atoms with van der Waals surface area (Å²) in [5.41, 5.74) is 0. The lowest BCUT2D eigenvalue weighted by Crippen LogP contribution is -2.39. The van der Waals surface area contributed by atoms with Crippen LogP contribution in [-0.4, -0.2) is 37.4 Å². The molecule has 0 aliphatic heterocycles. The Morgan fingerprint density at radius 2 is 1.83 bits per heavy atom. The van der Waals surface area contributed by atoms with Gasteiger partial charge in [-0.1, -0.05) is 0 Å². The van der Waals surface area contributed by atoms with Gasteiger partial charge in [-0.3, -0.25) is 0 Å². The highest BCUT2D eigenvalue weighted by molar-refractivity contribution is 4.59. The normalized spacial score (nSPS) is 13.0. The molecule has 74 valence electrons. The van der Waals surface area contributed by atoms with Crippen LogP contribution < -0.4 is 5.32 Å². The molecule has 0 rings (SSSR count). The Morgan fingerprint density at radius 1 is 1.33 bits per heavy atom. The van der Waals surface area contributed by atoms with E-state index in [-0.39, 0.29) is 12.6 Å². The van der Waals surface area contributed by atoms with E-state index in [1.165, 1.54) is 5.32 Å². The van der Waals surface area contributed by atoms with Crippen LogP contribution in [0.2, 0.25) is 0 Å². The minimum Gasteiger partial charge on any atom is -0.303 e. The molecule has 0 aromatic heterocycles. The molecule has 0 aliphatic rings. The predicted octanol–water partition coefficient (Wildman–Crippen LogP) is 1.44. The molecule has 0 saturated heterocycles. The molecule has 0 fully saturated rings. The van der Waals surface area contributed by atoms with Crippen molar-refractivity contribution in [1.29, 1.82) is 0 Å². The van der Waals surface area contributed by atoms with Crippen LogP contribution in [0.5, 0.6) is 0 Å². The number of nitrogens with zero attached hydrogens (tertiary/aromatic N) is 1. The lowest BCUT2D eigenvalue weighted by molar-refractivity contribution is -0.157. The largest absolute Gasteiger partial charge is 0.457 e. The van der Waals surface area contributed by atoms with E-state index in [2.05, 4.69) is 0 Å². The van der Waals surface area contributed by atoms with Crippen LogP contribution in [0.15, 0.2) is 0 Å². The van der Waals surface area contributed by atoms with Gasteiger partial charge in [-0.2, -0.15) is 13.2 Å². The smallest absolute Gasteiger partial charge is 0.303 e. The monoisotopic (exact) mass is 184 g/mol. The Kier molecular flexibility index (Phi) is 4.55. The predicted molar refractivity (Wildman–Crippen MR) is 41.8 cm³/mol. The molecule has 0 aromatic rings. The van der Waals surface area contributed by atoms with Crippen molar-refractivity contribution in [2.45, 2.75) is 26.2 Å². The second kappa shape index (κ2) is 4.67. The number of rotatable bonds is 4. The van der Waals surface area contributed by atoms with E-state index < -0.39 is 6.30 Å². The number of likely N-dealkylation sites (N-methyl/N-ethyl adjacent to an activating group) is 1. The van der Waals surface area contributed by atoms with Gasteiger partial charge in [0.25, 0.3) is 0 Å². The summed E-state index contributed by atoms with van der Waals surface area (Å²) in [7, 11) is 1.79. The van der Waals surface area contributed by atoms with Crippen molar-refractivity contribution in [3.8, 4) is 0 Å². The highest BCUT2D eigenvalue weighted by Gasteiger charge is 2.25. The van der Waals surface area contributed by atoms with E-state index in [1.807, 2.05) is 18.7 Å². The number of alkyl halides is 3. The second-order valence-corrected chi connectivity index (χ2v) is 3.00. The Labute approximate surface area is 70.7 Å². The zero-order valence-corrected chi connectivity index (χ0v) is 7.57. The zero-order chi connectivity index (χ0) is 9.78. The molecule has 0 saturated carbocycles. The van der Waals surface area contributed by atoms with Crippen LogP contribution >= 0.6 is 0 Å². The Morgan fingerprint density at radius 3 is 2.17 bits per heavy atom. The molecule has 5 heteroatoms. The molecule has 0 aromatic carbocycles. The van der Waals surface area contributed by atoms with Gasteiger partial charge in [0.05, 0.1) is 0 Å². The average molecular weight is 184 g/mol. The van der Waals surface area contributed by atoms with Crippen LogP contribution in [0.1, 0.15) is 13.8 Å². The fourth-order valence-electron chi connectivity index (χ4n) is 0.632. The van der Waals surface area contributed by atoms with Crippen LogP contribution in [0, 0.1) is 0 Å². The standard InChI is InChI=1S/C7H15F3N2/c1-6(2)12(3)5-4-11-7(8,9)10/h6,11H,4-5H2,1-3H3. The third-order valence-electron chi connectivity index (χ3n) is 1.67. The third kappa shape index (κ3) is 6.42. The summed E-state index contributed by atoms with van der Waals surface area (Å²) in [5, 5.41) is 1.47. The molecule has 0 unspecified atom stereocenters. The Bertz CT molecular complexity index is 122. The van der Waals surface area contributed by atoms with Gasteiger partial charge in [0.2, 0.25) is 0 Å². The maximum atomic E-state index is 11.6. The maximum absolute atomic E-state index is 11.6. The van der Waals surface area contributed by atoms with Crippen LogP contribution in [0.3, 0.4) is 0 Å². The fourth-order valence-corrected chi connectivity index (χ4v) is 0.632. The van der Waals surface area contributed by atoms with E-state index in [4.69, 9.17) is 0 Å². The first kappa shape index (κ1) is 11.7. The first-order valence-corrected chi connectivity index (χ1v) is 3.85. The molecule has 0 amide bonds. The second-order valence-electron chi connectivity index (χ2n) is 3.00. The quantitative estimate of drug-likeness (QED) is 0.665. The van der Waals surface area contributed by atoms with Crippen molar-refractivity contribution < 1.29 is 13.2 Å². The number of halogens is 3. The first-order valence-electron chi connectivity index (χ1n) is 3.85. The van der Waals surface area contributed by atoms with E-state index in [9.17, 15) is 13.2 Å². The summed E-state index contributed by atoms with van der Waals surface area (Å²) in [5.74, 6) is 0. The summed E-state index contributed by atoms with van der Waals surface area (Å²) in [4.78, 5) is 1.85. The van der Waals surface area contributed by atoms with Gasteiger partial charge in [-0.25, -0.2) is 5.32 Å². The van der Waals surface area contributed by atoms with E-state index in [0.29, 0.717) is 6.54 Å². The van der Waals surface area contributed by atoms with Crippen molar-refractivity contribution in [3.63, 3.8) is 0 Å². The van der Waals surface area contributed by atoms with E-state index in [0.717, 1.165) is 0 Å². The molecule has 0 heterocycles. The molecule has 2 nitrogen and oxygen atoms in total. The minimum atomic E-state index is -4.25. The van der Waals surface area contributed by atoms with Gasteiger partial charge < -0.3 is 4.90 Å². The lowest BCUT2D eigenvalue weighted by atomic mass is 10.3. The number of hydrogen-bond acceptors (Lipinski definition) is 2. The van der Waals surface area contributed by atoms with Crippen molar-refractivity contribution in [2.75, 3.05) is 20.1 Å². The topological polar surface area (TPSA) is 15.3 Å². The molecule has 12 heavy (non-hydrogen) atoms. The van der Waals surface area contributed by atoms with Gasteiger partial charge in [0.15, 0.2) is 0 Å². The van der Waals surface area contributed by atoms with E-state index >= 15 is 0 Å². The van der Waals surface area contributed by atoms with E-state index in [1.54, 1.807) is 7.05 Å². The molecule has 0 spiro atoms. The van der Waals surface area contributed by atoms with Crippen molar-refractivity contribution in [1.82, 2.24) is 10.2 Å². The average Bonchev–Trinajstić information content (AvgIpc) is 1.84. The number of hydrogen-bond donors (Lipinski definition) is 1. The third-order valence-corrected chi connectivity index (χ3v) is 1.67. The molecule has 1 N–H and O–H groups in total. The summed E-state index contributed by atoms with van der Waals surface area (Å²) < 4.78 is 34.7. The van der Waals surface area contributed by atoms with Crippen molar-refractivity contribution in [2.24, 2.45) is 0 Å². The highest BCUT2D eigenvalue weighted by Crippen LogP contribution is 2.08. The Balaban J connectivity index is 3.44. The Hall–Kier alpha value is -0.290. The molecule has 0 bridgehead atoms. The fraction of sp³-hybridized carbons (Fsp3) is 1.00. The molecule has 0 atom stereocenters. The first-order chi connectivity index (χ1) is 5.33. The SMILES string of the molecule is CC(C)N(C)CCNC(F)(F)F. The lowest BCUT2D eigenvalue weighted by Gasteiger charge is -2.21. The van der Waals surface area contributed by atoms with Gasteiger partial charge in [0, 0.05) is 19.1 Å². The van der Waals surface area contributed by atoms with Crippen LogP contribution in [0.25, 0.3) is 0 Å². The maximum Gasteiger partial charge on any atom is 0.457 e. The zero-order valence-electron chi connectivity index (χ0n) is 7.57. The molecule has 0 aliphatic carbocycles. The van der Waals surface area contributed by atoms with Gasteiger partial charge in [-0.15, -0.1) is 0 Å². The molecular formula is C7H15F3N2. The summed E-state index contributed by atoms with van der Waals surface area (Å²) >= 11 is 0. The van der Waals surface area contributed by atoms with Gasteiger partial charge in [0.1, 0.15) is 0 Å². The summed E-state index contributed by atoms with van der Waals surface area (Å²) in [6.45, 7) is 4.22. The van der Waals surface area contributed by atoms with Crippen molar-refractivity contribution in [3.05, 3.63) is 0 Å². The summed E-state index contributed by atoms with van der Waals surface area (Å²) in [6.07, 6.45) is -4.25. The van der Waals surface area contributed by atoms with Gasteiger partial charge in [-0.05, 0) is 20.9 Å². The van der Waals surface area contributed by atoms with Crippen molar-refractivity contribution >= 4 is 0 Å². The molecule has 0 radical (unpaired) electrons. The van der Waals surface area contributed by atoms with Crippen LogP contribution in [-0.2, 0) is 0 Å². The minimum absolute atomic E-state index is 0.0574. The highest BCUT2D eigenvalue weighted by atomic mass is 19.4. The number of nitrogens with one attached hydrogen (secondary N) is 1. The van der Waals surface area contributed by atoms with Gasteiger partial charge >= 0.3 is 6.30 Å². The van der Waals surface area contributed by atoms with Crippen LogP contribution in [0.4, 0.5) is 13.2 Å². The molecular weight excluding hydrogens is 169 g/mol.